The molecule has 140 valence electrons. The molecule has 3 rings (SSSR count). The maximum atomic E-state index is 12.6. The summed E-state index contributed by atoms with van der Waals surface area (Å²) >= 11 is 15.4. The van der Waals surface area contributed by atoms with Gasteiger partial charge in [0.2, 0.25) is 0 Å². The van der Waals surface area contributed by atoms with Crippen LogP contribution in [0.5, 0.6) is 0 Å². The second kappa shape index (κ2) is 8.52. The molecule has 0 aliphatic carbocycles. The van der Waals surface area contributed by atoms with Crippen LogP contribution in [0, 0.1) is 0 Å². The highest BCUT2D eigenvalue weighted by Crippen LogP contribution is 2.27. The highest BCUT2D eigenvalue weighted by molar-refractivity contribution is 9.10. The van der Waals surface area contributed by atoms with Crippen LogP contribution in [0.3, 0.4) is 0 Å². The molecule has 2 N–H and O–H groups in total. The van der Waals surface area contributed by atoms with E-state index in [-0.39, 0.29) is 4.90 Å². The summed E-state index contributed by atoms with van der Waals surface area (Å²) < 4.78 is 28.8. The van der Waals surface area contributed by atoms with Crippen molar-refractivity contribution in [1.29, 1.82) is 0 Å². The van der Waals surface area contributed by atoms with Crippen molar-refractivity contribution in [1.82, 2.24) is 0 Å². The van der Waals surface area contributed by atoms with Gasteiger partial charge in [-0.3, -0.25) is 4.72 Å². The zero-order valence-electron chi connectivity index (χ0n) is 13.9. The van der Waals surface area contributed by atoms with E-state index in [1.807, 2.05) is 12.1 Å². The summed E-state index contributed by atoms with van der Waals surface area (Å²) in [5.74, 6) is 0. The molecule has 0 amide bonds. The van der Waals surface area contributed by atoms with E-state index in [4.69, 9.17) is 23.2 Å². The minimum absolute atomic E-state index is 0.189. The Morgan fingerprint density at radius 3 is 2.30 bits per heavy atom. The minimum Gasteiger partial charge on any atom is -0.380 e. The Morgan fingerprint density at radius 2 is 1.59 bits per heavy atom. The van der Waals surface area contributed by atoms with Crippen LogP contribution >= 0.6 is 39.1 Å². The number of nitrogens with one attached hydrogen (secondary N) is 2. The lowest BCUT2D eigenvalue weighted by Crippen LogP contribution is -2.15. The number of para-hydroxylation sites is 1. The van der Waals surface area contributed by atoms with Crippen LogP contribution < -0.4 is 10.0 Å². The Bertz CT molecular complexity index is 1060. The van der Waals surface area contributed by atoms with Crippen LogP contribution in [0.1, 0.15) is 5.56 Å². The van der Waals surface area contributed by atoms with Gasteiger partial charge in [0.1, 0.15) is 0 Å². The quantitative estimate of drug-likeness (QED) is 0.439. The van der Waals surface area contributed by atoms with Crippen LogP contribution in [-0.2, 0) is 16.6 Å². The summed E-state index contributed by atoms with van der Waals surface area (Å²) in [6.07, 6.45) is 0. The topological polar surface area (TPSA) is 58.2 Å². The first-order valence-electron chi connectivity index (χ1n) is 7.90. The van der Waals surface area contributed by atoms with Gasteiger partial charge in [-0.15, -0.1) is 0 Å². The van der Waals surface area contributed by atoms with Gasteiger partial charge in [0.25, 0.3) is 10.0 Å². The predicted octanol–water partition coefficient (Wildman–Crippen LogP) is 6.17. The fraction of sp³-hybridized carbons (Fsp3) is 0.0526. The van der Waals surface area contributed by atoms with E-state index >= 15 is 0 Å². The SMILES string of the molecule is O=S(=O)(Nc1ccccc1CNc1ccc(Cl)cc1Cl)c1ccc(Br)cc1. The van der Waals surface area contributed by atoms with Gasteiger partial charge in [-0.1, -0.05) is 57.3 Å². The zero-order valence-corrected chi connectivity index (χ0v) is 17.8. The normalized spacial score (nSPS) is 11.2. The maximum Gasteiger partial charge on any atom is 0.261 e. The molecule has 0 fully saturated rings. The first kappa shape index (κ1) is 20.0. The molecule has 4 nitrogen and oxygen atoms in total. The van der Waals surface area contributed by atoms with E-state index in [9.17, 15) is 8.42 Å². The van der Waals surface area contributed by atoms with Crippen LogP contribution in [0.2, 0.25) is 10.0 Å². The number of benzene rings is 3. The van der Waals surface area contributed by atoms with Gasteiger partial charge in [0, 0.05) is 16.0 Å². The van der Waals surface area contributed by atoms with E-state index in [2.05, 4.69) is 26.0 Å². The molecule has 0 aliphatic rings. The monoisotopic (exact) mass is 484 g/mol. The number of hydrogen-bond donors (Lipinski definition) is 2. The average Bonchev–Trinajstić information content (AvgIpc) is 2.62. The Labute approximate surface area is 176 Å². The summed E-state index contributed by atoms with van der Waals surface area (Å²) in [5.41, 5.74) is 1.99. The number of halogens is 3. The van der Waals surface area contributed by atoms with Crippen molar-refractivity contribution in [3.8, 4) is 0 Å². The molecular weight excluding hydrogens is 471 g/mol. The van der Waals surface area contributed by atoms with E-state index in [1.165, 1.54) is 0 Å². The van der Waals surface area contributed by atoms with Crippen LogP contribution in [0.25, 0.3) is 0 Å². The van der Waals surface area contributed by atoms with Crippen molar-refractivity contribution in [3.63, 3.8) is 0 Å². The minimum atomic E-state index is -3.69. The van der Waals surface area contributed by atoms with E-state index in [1.54, 1.807) is 54.6 Å². The van der Waals surface area contributed by atoms with Crippen molar-refractivity contribution in [2.45, 2.75) is 11.4 Å². The number of anilines is 2. The van der Waals surface area contributed by atoms with E-state index < -0.39 is 10.0 Å². The van der Waals surface area contributed by atoms with Crippen molar-refractivity contribution in [2.75, 3.05) is 10.0 Å². The molecule has 0 radical (unpaired) electrons. The Balaban J connectivity index is 1.80. The summed E-state index contributed by atoms with van der Waals surface area (Å²) in [4.78, 5) is 0.189. The molecule has 0 aromatic heterocycles. The third-order valence-corrected chi connectivity index (χ3v) is 6.24. The Hall–Kier alpha value is -1.73. The van der Waals surface area contributed by atoms with Gasteiger partial charge >= 0.3 is 0 Å². The van der Waals surface area contributed by atoms with Gasteiger partial charge in [0.05, 0.1) is 21.3 Å². The van der Waals surface area contributed by atoms with E-state index in [0.717, 1.165) is 10.0 Å². The molecule has 8 heteroatoms. The first-order chi connectivity index (χ1) is 12.8. The second-order valence-electron chi connectivity index (χ2n) is 5.69. The van der Waals surface area contributed by atoms with Crippen LogP contribution in [0.15, 0.2) is 76.1 Å². The van der Waals surface area contributed by atoms with Gasteiger partial charge in [-0.05, 0) is 54.1 Å². The number of sulfonamides is 1. The van der Waals surface area contributed by atoms with Crippen molar-refractivity contribution in [2.24, 2.45) is 0 Å². The Kier molecular flexibility index (Phi) is 6.32. The molecule has 0 saturated heterocycles. The average molecular weight is 486 g/mol. The zero-order chi connectivity index (χ0) is 19.4. The van der Waals surface area contributed by atoms with Crippen LogP contribution in [-0.4, -0.2) is 8.42 Å². The summed E-state index contributed by atoms with van der Waals surface area (Å²) in [6, 6.07) is 18.8. The molecule has 27 heavy (non-hydrogen) atoms. The molecule has 0 saturated carbocycles. The maximum absolute atomic E-state index is 12.6. The third kappa shape index (κ3) is 5.17. The Morgan fingerprint density at radius 1 is 0.889 bits per heavy atom. The second-order valence-corrected chi connectivity index (χ2v) is 9.14. The molecule has 0 heterocycles. The molecule has 0 unspecified atom stereocenters. The lowest BCUT2D eigenvalue weighted by molar-refractivity contribution is 0.601. The highest BCUT2D eigenvalue weighted by Gasteiger charge is 2.16. The fourth-order valence-electron chi connectivity index (χ4n) is 2.41. The fourth-order valence-corrected chi connectivity index (χ4v) is 4.26. The molecule has 0 spiro atoms. The highest BCUT2D eigenvalue weighted by atomic mass is 79.9. The van der Waals surface area contributed by atoms with Gasteiger partial charge in [0.15, 0.2) is 0 Å². The third-order valence-electron chi connectivity index (χ3n) is 3.79. The summed E-state index contributed by atoms with van der Waals surface area (Å²) in [7, 11) is -3.69. The van der Waals surface area contributed by atoms with Crippen molar-refractivity contribution >= 4 is 60.5 Å². The molecule has 3 aromatic rings. The largest absolute Gasteiger partial charge is 0.380 e. The van der Waals surface area contributed by atoms with Gasteiger partial charge in [-0.25, -0.2) is 8.42 Å². The number of rotatable bonds is 6. The molecule has 0 bridgehead atoms. The smallest absolute Gasteiger partial charge is 0.261 e. The summed E-state index contributed by atoms with van der Waals surface area (Å²) in [5, 5.41) is 4.24. The van der Waals surface area contributed by atoms with Crippen molar-refractivity contribution < 1.29 is 8.42 Å². The molecule has 0 aliphatic heterocycles. The molecule has 0 atom stereocenters. The van der Waals surface area contributed by atoms with Gasteiger partial charge < -0.3 is 5.32 Å². The number of hydrogen-bond acceptors (Lipinski definition) is 3. The summed E-state index contributed by atoms with van der Waals surface area (Å²) in [6.45, 7) is 0.389. The first-order valence-corrected chi connectivity index (χ1v) is 10.9. The van der Waals surface area contributed by atoms with E-state index in [0.29, 0.717) is 28.0 Å². The van der Waals surface area contributed by atoms with Crippen molar-refractivity contribution in [3.05, 3.63) is 86.8 Å². The van der Waals surface area contributed by atoms with Gasteiger partial charge in [-0.2, -0.15) is 0 Å². The predicted molar refractivity (Wildman–Crippen MR) is 115 cm³/mol. The van der Waals surface area contributed by atoms with Crippen LogP contribution in [0.4, 0.5) is 11.4 Å². The lowest BCUT2D eigenvalue weighted by atomic mass is 10.2. The lowest BCUT2D eigenvalue weighted by Gasteiger charge is -2.14. The molecular formula is C19H15BrCl2N2O2S. The standard InChI is InChI=1S/C19H15BrCl2N2O2S/c20-14-5-8-16(9-6-14)27(25,26)24-18-4-2-1-3-13(18)12-23-19-10-7-15(21)11-17(19)22/h1-11,23-24H,12H2. The molecule has 3 aromatic carbocycles.